The summed E-state index contributed by atoms with van der Waals surface area (Å²) < 4.78 is 37.9. The van der Waals surface area contributed by atoms with Crippen molar-refractivity contribution in [1.82, 2.24) is 0 Å². The smallest absolute Gasteiger partial charge is 0.338 e. The molecule has 0 bridgehead atoms. The van der Waals surface area contributed by atoms with Crippen molar-refractivity contribution >= 4 is 5.97 Å². The molecule has 0 fully saturated rings. The molecule has 32 heavy (non-hydrogen) atoms. The number of ether oxygens (including phenoxy) is 2. The van der Waals surface area contributed by atoms with E-state index in [4.69, 9.17) is 9.47 Å². The van der Waals surface area contributed by atoms with Crippen LogP contribution in [0.15, 0.2) is 42.5 Å². The quantitative estimate of drug-likeness (QED) is 0.305. The lowest BCUT2D eigenvalue weighted by molar-refractivity contribution is -0.0189. The Balaban J connectivity index is 1.74. The first-order valence-corrected chi connectivity index (χ1v) is 9.26. The van der Waals surface area contributed by atoms with Gasteiger partial charge in [0.15, 0.2) is 35.0 Å². The van der Waals surface area contributed by atoms with Gasteiger partial charge in [0, 0.05) is 29.7 Å². The molecule has 0 aromatic heterocycles. The first-order valence-electron chi connectivity index (χ1n) is 9.26. The molecule has 0 saturated carbocycles. The Bertz CT molecular complexity index is 1200. The van der Waals surface area contributed by atoms with Gasteiger partial charge in [-0.2, -0.15) is 0 Å². The summed E-state index contributed by atoms with van der Waals surface area (Å²) >= 11 is 0. The van der Waals surface area contributed by atoms with Gasteiger partial charge in [0.25, 0.3) is 0 Å². The average molecular weight is 446 g/mol. The molecule has 2 atom stereocenters. The zero-order valence-electron chi connectivity index (χ0n) is 16.1. The Labute approximate surface area is 179 Å². The Morgan fingerprint density at radius 1 is 0.906 bits per heavy atom. The fourth-order valence-corrected chi connectivity index (χ4v) is 3.45. The van der Waals surface area contributed by atoms with Crippen LogP contribution >= 0.6 is 0 Å². The highest BCUT2D eigenvalue weighted by molar-refractivity contribution is 5.89. The van der Waals surface area contributed by atoms with Crippen LogP contribution in [0.3, 0.4) is 0 Å². The molecule has 0 spiro atoms. The SMILES string of the molecule is O=C(O[C@@H]1Cc2c(O)cc(O)cc2O[C@@H]1c1cc(O)c(O)c(O)c1)c1ccc(F)c(F)c1. The minimum atomic E-state index is -1.25. The van der Waals surface area contributed by atoms with E-state index in [0.717, 1.165) is 30.3 Å². The summed E-state index contributed by atoms with van der Waals surface area (Å²) in [5.41, 5.74) is 0.0171. The average Bonchev–Trinajstić information content (AvgIpc) is 2.73. The van der Waals surface area contributed by atoms with E-state index in [1.165, 1.54) is 6.07 Å². The molecule has 10 heteroatoms. The number of benzene rings is 3. The van der Waals surface area contributed by atoms with Gasteiger partial charge >= 0.3 is 5.97 Å². The third kappa shape index (κ3) is 3.78. The number of halogens is 2. The van der Waals surface area contributed by atoms with Crippen LogP contribution in [-0.4, -0.2) is 37.6 Å². The third-order valence-electron chi connectivity index (χ3n) is 5.00. The number of phenolic OH excluding ortho intramolecular Hbond substituents is 5. The number of fused-ring (bicyclic) bond motifs is 1. The third-order valence-corrected chi connectivity index (χ3v) is 5.00. The van der Waals surface area contributed by atoms with Crippen LogP contribution in [0.5, 0.6) is 34.5 Å². The number of hydrogen-bond acceptors (Lipinski definition) is 8. The molecular formula is C22H16F2O8. The maximum Gasteiger partial charge on any atom is 0.338 e. The minimum absolute atomic E-state index is 0.0553. The predicted molar refractivity (Wildman–Crippen MR) is 104 cm³/mol. The zero-order chi connectivity index (χ0) is 23.2. The van der Waals surface area contributed by atoms with Crippen molar-refractivity contribution in [2.24, 2.45) is 0 Å². The van der Waals surface area contributed by atoms with Gasteiger partial charge in [-0.05, 0) is 30.3 Å². The Morgan fingerprint density at radius 3 is 2.25 bits per heavy atom. The topological polar surface area (TPSA) is 137 Å². The molecule has 0 aliphatic carbocycles. The summed E-state index contributed by atoms with van der Waals surface area (Å²) in [4.78, 5) is 12.6. The van der Waals surface area contributed by atoms with Gasteiger partial charge in [-0.3, -0.25) is 0 Å². The molecule has 3 aromatic carbocycles. The van der Waals surface area contributed by atoms with Crippen molar-refractivity contribution < 1.29 is 48.6 Å². The van der Waals surface area contributed by atoms with Crippen LogP contribution in [0.1, 0.15) is 27.6 Å². The molecule has 166 valence electrons. The van der Waals surface area contributed by atoms with E-state index < -0.39 is 47.1 Å². The standard InChI is InChI=1S/C22H16F2O8/c23-13-2-1-9(3-14(13)24)22(30)32-19-8-12-15(26)6-11(25)7-18(12)31-21(19)10-4-16(27)20(29)17(28)5-10/h1-7,19,21,25-29H,8H2/t19-,21-/m1/s1. The summed E-state index contributed by atoms with van der Waals surface area (Å²) in [6.07, 6.45) is -2.46. The van der Waals surface area contributed by atoms with Crippen molar-refractivity contribution in [3.05, 3.63) is 70.8 Å². The second-order valence-corrected chi connectivity index (χ2v) is 7.16. The van der Waals surface area contributed by atoms with Crippen molar-refractivity contribution in [2.45, 2.75) is 18.6 Å². The number of carbonyl (C=O) groups excluding carboxylic acids is 1. The van der Waals surface area contributed by atoms with E-state index in [1.54, 1.807) is 0 Å². The maximum atomic E-state index is 13.5. The van der Waals surface area contributed by atoms with Gasteiger partial charge in [-0.15, -0.1) is 0 Å². The molecule has 0 saturated heterocycles. The lowest BCUT2D eigenvalue weighted by atomic mass is 9.93. The largest absolute Gasteiger partial charge is 0.508 e. The van der Waals surface area contributed by atoms with Gasteiger partial charge in [0.2, 0.25) is 0 Å². The van der Waals surface area contributed by atoms with Crippen molar-refractivity contribution in [1.29, 1.82) is 0 Å². The van der Waals surface area contributed by atoms with Crippen LogP contribution in [0, 0.1) is 11.6 Å². The van der Waals surface area contributed by atoms with Crippen LogP contribution in [0.4, 0.5) is 8.78 Å². The fraction of sp³-hybridized carbons (Fsp3) is 0.136. The number of hydrogen-bond donors (Lipinski definition) is 5. The lowest BCUT2D eigenvalue weighted by Gasteiger charge is -2.34. The number of rotatable bonds is 3. The van der Waals surface area contributed by atoms with Gasteiger partial charge in [-0.25, -0.2) is 13.6 Å². The second kappa shape index (κ2) is 7.80. The molecule has 0 amide bonds. The van der Waals surface area contributed by atoms with E-state index in [-0.39, 0.29) is 40.4 Å². The molecule has 1 heterocycles. The Morgan fingerprint density at radius 2 is 1.59 bits per heavy atom. The molecule has 4 rings (SSSR count). The van der Waals surface area contributed by atoms with Crippen molar-refractivity contribution in [3.63, 3.8) is 0 Å². The van der Waals surface area contributed by atoms with Crippen molar-refractivity contribution in [3.8, 4) is 34.5 Å². The predicted octanol–water partition coefficient (Wildman–Crippen LogP) is 3.39. The van der Waals surface area contributed by atoms with Crippen LogP contribution in [0.2, 0.25) is 0 Å². The molecule has 3 aromatic rings. The van der Waals surface area contributed by atoms with Crippen LogP contribution in [0.25, 0.3) is 0 Å². The lowest BCUT2D eigenvalue weighted by Crippen LogP contribution is -2.34. The molecule has 5 N–H and O–H groups in total. The van der Waals surface area contributed by atoms with Crippen LogP contribution < -0.4 is 4.74 Å². The summed E-state index contributed by atoms with van der Waals surface area (Å²) in [5.74, 6) is -6.08. The number of aromatic hydroxyl groups is 5. The minimum Gasteiger partial charge on any atom is -0.508 e. The van der Waals surface area contributed by atoms with Gasteiger partial charge < -0.3 is 35.0 Å². The first kappa shape index (κ1) is 21.0. The molecule has 1 aliphatic rings. The highest BCUT2D eigenvalue weighted by Gasteiger charge is 2.37. The Kier molecular flexibility index (Phi) is 5.13. The molecular weight excluding hydrogens is 430 g/mol. The molecule has 0 radical (unpaired) electrons. The molecule has 0 unspecified atom stereocenters. The maximum absolute atomic E-state index is 13.5. The number of phenols is 5. The number of esters is 1. The summed E-state index contributed by atoms with van der Waals surface area (Å²) in [7, 11) is 0. The zero-order valence-corrected chi connectivity index (χ0v) is 16.1. The van der Waals surface area contributed by atoms with E-state index in [2.05, 4.69) is 0 Å². The highest BCUT2D eigenvalue weighted by atomic mass is 19.2. The fourth-order valence-electron chi connectivity index (χ4n) is 3.45. The summed E-state index contributed by atoms with van der Waals surface area (Å²) in [5, 5.41) is 49.3. The summed E-state index contributed by atoms with van der Waals surface area (Å²) in [6, 6.07) is 6.89. The van der Waals surface area contributed by atoms with E-state index in [0.29, 0.717) is 6.07 Å². The molecule has 8 nitrogen and oxygen atoms in total. The second-order valence-electron chi connectivity index (χ2n) is 7.16. The van der Waals surface area contributed by atoms with Gasteiger partial charge in [0.05, 0.1) is 5.56 Å². The van der Waals surface area contributed by atoms with Gasteiger partial charge in [-0.1, -0.05) is 0 Å². The van der Waals surface area contributed by atoms with Crippen molar-refractivity contribution in [2.75, 3.05) is 0 Å². The Hall–Kier alpha value is -4.21. The van der Waals surface area contributed by atoms with E-state index in [1.807, 2.05) is 0 Å². The van der Waals surface area contributed by atoms with E-state index >= 15 is 0 Å². The normalized spacial score (nSPS) is 17.3. The number of carbonyl (C=O) groups is 1. The molecule has 1 aliphatic heterocycles. The highest BCUT2D eigenvalue weighted by Crippen LogP contribution is 2.45. The van der Waals surface area contributed by atoms with Gasteiger partial charge in [0.1, 0.15) is 23.4 Å². The summed E-state index contributed by atoms with van der Waals surface area (Å²) in [6.45, 7) is 0. The van der Waals surface area contributed by atoms with E-state index in [9.17, 15) is 39.1 Å². The monoisotopic (exact) mass is 446 g/mol. The van der Waals surface area contributed by atoms with Crippen LogP contribution in [-0.2, 0) is 11.2 Å². The first-order chi connectivity index (χ1) is 15.1.